The third kappa shape index (κ3) is 3.35. The van der Waals surface area contributed by atoms with E-state index < -0.39 is 0 Å². The van der Waals surface area contributed by atoms with Crippen molar-refractivity contribution in [2.75, 3.05) is 7.11 Å². The number of rotatable bonds is 4. The van der Waals surface area contributed by atoms with Gasteiger partial charge in [-0.25, -0.2) is 4.57 Å². The summed E-state index contributed by atoms with van der Waals surface area (Å²) in [4.78, 5) is 17.7. The fourth-order valence-corrected chi connectivity index (χ4v) is 3.46. The molecule has 0 unspecified atom stereocenters. The maximum atomic E-state index is 13.2. The second-order valence-electron chi connectivity index (χ2n) is 7.12. The number of aryl methyl sites for hydroxylation is 2. The molecular formula is C25H22N2O3. The number of ether oxygens (including phenoxy) is 1. The Hall–Kier alpha value is -3.86. The zero-order valence-corrected chi connectivity index (χ0v) is 17.1. The Morgan fingerprint density at radius 2 is 1.63 bits per heavy atom. The number of hydrogen-bond donors (Lipinski definition) is 1. The van der Waals surface area contributed by atoms with E-state index in [4.69, 9.17) is 4.74 Å². The summed E-state index contributed by atoms with van der Waals surface area (Å²) < 4.78 is 6.69. The molecule has 0 saturated heterocycles. The van der Waals surface area contributed by atoms with Gasteiger partial charge in [0, 0.05) is 17.0 Å². The van der Waals surface area contributed by atoms with Crippen LogP contribution in [0.4, 0.5) is 5.69 Å². The molecule has 0 aliphatic rings. The molecule has 1 N–H and O–H groups in total. The SMILES string of the molecule is COc1ccccc1N=Cc1c(O)n(-c2ccc(C)c(C)c2)c(=O)c2ccccc12. The summed E-state index contributed by atoms with van der Waals surface area (Å²) in [5, 5.41) is 12.3. The lowest BCUT2D eigenvalue weighted by Crippen LogP contribution is -2.20. The number of aliphatic imine (C=N–C) groups is 1. The lowest BCUT2D eigenvalue weighted by molar-refractivity contribution is 0.416. The number of hydrogen-bond acceptors (Lipinski definition) is 4. The highest BCUT2D eigenvalue weighted by Crippen LogP contribution is 2.29. The summed E-state index contributed by atoms with van der Waals surface area (Å²) in [6, 6.07) is 20.3. The summed E-state index contributed by atoms with van der Waals surface area (Å²) in [5.74, 6) is 0.473. The highest BCUT2D eigenvalue weighted by atomic mass is 16.5. The lowest BCUT2D eigenvalue weighted by Gasteiger charge is -2.15. The van der Waals surface area contributed by atoms with Gasteiger partial charge in [0.05, 0.1) is 18.4 Å². The first-order valence-electron chi connectivity index (χ1n) is 9.62. The van der Waals surface area contributed by atoms with Gasteiger partial charge in [-0.1, -0.05) is 36.4 Å². The standard InChI is InChI=1S/C25H22N2O3/c1-16-12-13-18(14-17(16)2)27-24(28)20-9-5-4-8-19(20)21(25(27)29)15-26-22-10-6-7-11-23(22)30-3/h4-15,29H,1-3H3. The normalized spacial score (nSPS) is 11.3. The van der Waals surface area contributed by atoms with E-state index in [1.165, 1.54) is 4.57 Å². The molecule has 5 heteroatoms. The van der Waals surface area contributed by atoms with Gasteiger partial charge in [0.1, 0.15) is 11.4 Å². The average molecular weight is 398 g/mol. The largest absolute Gasteiger partial charge is 0.494 e. The monoisotopic (exact) mass is 398 g/mol. The molecule has 0 spiro atoms. The third-order valence-corrected chi connectivity index (χ3v) is 5.27. The van der Waals surface area contributed by atoms with Gasteiger partial charge in [0.2, 0.25) is 5.88 Å². The Balaban J connectivity index is 1.98. The molecule has 0 bridgehead atoms. The molecule has 4 rings (SSSR count). The molecule has 0 atom stereocenters. The molecular weight excluding hydrogens is 376 g/mol. The minimum atomic E-state index is -0.277. The first-order valence-corrected chi connectivity index (χ1v) is 9.62. The van der Waals surface area contributed by atoms with Gasteiger partial charge < -0.3 is 9.84 Å². The smallest absolute Gasteiger partial charge is 0.265 e. The molecule has 30 heavy (non-hydrogen) atoms. The van der Waals surface area contributed by atoms with Crippen molar-refractivity contribution in [2.24, 2.45) is 4.99 Å². The zero-order valence-electron chi connectivity index (χ0n) is 17.1. The molecule has 0 aliphatic carbocycles. The first kappa shape index (κ1) is 19.5. The Labute approximate surface area is 174 Å². The van der Waals surface area contributed by atoms with E-state index in [1.807, 2.05) is 74.5 Å². The number of fused-ring (bicyclic) bond motifs is 1. The fourth-order valence-electron chi connectivity index (χ4n) is 3.46. The zero-order chi connectivity index (χ0) is 21.3. The average Bonchev–Trinajstić information content (AvgIpc) is 2.76. The fraction of sp³-hybridized carbons (Fsp3) is 0.120. The Morgan fingerprint density at radius 1 is 0.933 bits per heavy atom. The van der Waals surface area contributed by atoms with Crippen LogP contribution in [0.3, 0.4) is 0 Å². The molecule has 0 saturated carbocycles. The van der Waals surface area contributed by atoms with Crippen molar-refractivity contribution in [3.8, 4) is 17.3 Å². The van der Waals surface area contributed by atoms with Gasteiger partial charge in [-0.2, -0.15) is 0 Å². The van der Waals surface area contributed by atoms with E-state index in [-0.39, 0.29) is 11.4 Å². The maximum absolute atomic E-state index is 13.2. The summed E-state index contributed by atoms with van der Waals surface area (Å²) >= 11 is 0. The van der Waals surface area contributed by atoms with Crippen LogP contribution >= 0.6 is 0 Å². The second kappa shape index (κ2) is 7.87. The molecule has 0 fully saturated rings. The minimum Gasteiger partial charge on any atom is -0.494 e. The predicted molar refractivity (Wildman–Crippen MR) is 121 cm³/mol. The van der Waals surface area contributed by atoms with Gasteiger partial charge in [-0.3, -0.25) is 9.79 Å². The molecule has 0 radical (unpaired) electrons. The van der Waals surface area contributed by atoms with Crippen LogP contribution in [0.15, 0.2) is 76.5 Å². The molecule has 1 aromatic heterocycles. The highest BCUT2D eigenvalue weighted by molar-refractivity contribution is 6.02. The molecule has 0 amide bonds. The number of aromatic hydroxyl groups is 1. The van der Waals surface area contributed by atoms with Gasteiger partial charge >= 0.3 is 0 Å². The summed E-state index contributed by atoms with van der Waals surface area (Å²) in [6.45, 7) is 3.99. The van der Waals surface area contributed by atoms with Crippen LogP contribution in [0, 0.1) is 13.8 Å². The third-order valence-electron chi connectivity index (χ3n) is 5.27. The van der Waals surface area contributed by atoms with E-state index in [2.05, 4.69) is 4.99 Å². The Kier molecular flexibility index (Phi) is 5.11. The van der Waals surface area contributed by atoms with Crippen molar-refractivity contribution in [3.05, 3.63) is 93.8 Å². The number of para-hydroxylation sites is 2. The van der Waals surface area contributed by atoms with Crippen molar-refractivity contribution >= 4 is 22.7 Å². The maximum Gasteiger partial charge on any atom is 0.265 e. The van der Waals surface area contributed by atoms with E-state index in [0.717, 1.165) is 11.1 Å². The van der Waals surface area contributed by atoms with Crippen LogP contribution < -0.4 is 10.3 Å². The van der Waals surface area contributed by atoms with Crippen molar-refractivity contribution in [1.29, 1.82) is 0 Å². The van der Waals surface area contributed by atoms with E-state index in [1.54, 1.807) is 19.4 Å². The predicted octanol–water partition coefficient (Wildman–Crippen LogP) is 5.07. The summed E-state index contributed by atoms with van der Waals surface area (Å²) in [6.07, 6.45) is 1.58. The number of benzene rings is 3. The molecule has 0 aliphatic heterocycles. The molecule has 3 aromatic carbocycles. The number of nitrogens with zero attached hydrogens (tertiary/aromatic N) is 2. The molecule has 1 heterocycles. The van der Waals surface area contributed by atoms with Gasteiger partial charge in [0.25, 0.3) is 5.56 Å². The van der Waals surface area contributed by atoms with E-state index in [0.29, 0.717) is 33.5 Å². The van der Waals surface area contributed by atoms with Crippen molar-refractivity contribution < 1.29 is 9.84 Å². The van der Waals surface area contributed by atoms with E-state index >= 15 is 0 Å². The van der Waals surface area contributed by atoms with Gasteiger partial charge in [-0.05, 0) is 55.3 Å². The van der Waals surface area contributed by atoms with E-state index in [9.17, 15) is 9.90 Å². The minimum absolute atomic E-state index is 0.152. The highest BCUT2D eigenvalue weighted by Gasteiger charge is 2.16. The molecule has 150 valence electrons. The quantitative estimate of drug-likeness (QED) is 0.488. The lowest BCUT2D eigenvalue weighted by atomic mass is 10.1. The van der Waals surface area contributed by atoms with Crippen LogP contribution in [0.1, 0.15) is 16.7 Å². The van der Waals surface area contributed by atoms with Crippen LogP contribution in [0.25, 0.3) is 16.5 Å². The number of aromatic nitrogens is 1. The van der Waals surface area contributed by atoms with Crippen molar-refractivity contribution in [3.63, 3.8) is 0 Å². The number of methoxy groups -OCH3 is 1. The Bertz CT molecular complexity index is 1340. The summed E-state index contributed by atoms with van der Waals surface area (Å²) in [7, 11) is 1.58. The van der Waals surface area contributed by atoms with Crippen LogP contribution in [-0.2, 0) is 0 Å². The van der Waals surface area contributed by atoms with Gasteiger partial charge in [0.15, 0.2) is 0 Å². The van der Waals surface area contributed by atoms with Gasteiger partial charge in [-0.15, -0.1) is 0 Å². The van der Waals surface area contributed by atoms with Crippen LogP contribution in [0.2, 0.25) is 0 Å². The van der Waals surface area contributed by atoms with Crippen LogP contribution in [0.5, 0.6) is 11.6 Å². The number of pyridine rings is 1. The second-order valence-corrected chi connectivity index (χ2v) is 7.12. The first-order chi connectivity index (χ1) is 14.5. The van der Waals surface area contributed by atoms with Crippen molar-refractivity contribution in [1.82, 2.24) is 4.57 Å². The molecule has 4 aromatic rings. The van der Waals surface area contributed by atoms with Crippen LogP contribution in [-0.4, -0.2) is 23.0 Å². The molecule has 5 nitrogen and oxygen atoms in total. The summed E-state index contributed by atoms with van der Waals surface area (Å²) in [5.41, 5.74) is 3.59. The van der Waals surface area contributed by atoms with Crippen molar-refractivity contribution in [2.45, 2.75) is 13.8 Å². The topological polar surface area (TPSA) is 63.8 Å². The Morgan fingerprint density at radius 3 is 2.37 bits per heavy atom.